The van der Waals surface area contributed by atoms with Gasteiger partial charge < -0.3 is 20.5 Å². The van der Waals surface area contributed by atoms with E-state index in [2.05, 4.69) is 44.8 Å². The molecule has 3 N–H and O–H groups in total. The summed E-state index contributed by atoms with van der Waals surface area (Å²) in [6, 6.07) is 11.8. The Morgan fingerprint density at radius 3 is 2.90 bits per heavy atom. The molecular weight excluding hydrogens is 380 g/mol. The van der Waals surface area contributed by atoms with Crippen molar-refractivity contribution in [2.75, 3.05) is 32.7 Å². The van der Waals surface area contributed by atoms with Gasteiger partial charge in [-0.2, -0.15) is 0 Å². The van der Waals surface area contributed by atoms with Crippen molar-refractivity contribution < 1.29 is 14.6 Å². The average molecular weight is 411 g/mol. The fourth-order valence-electron chi connectivity index (χ4n) is 4.08. The number of β-amino-alcohol motifs (C(OH)–C–C–N with tert-alkyl or cyclic N) is 1. The van der Waals surface area contributed by atoms with E-state index in [-0.39, 0.29) is 18.6 Å². The summed E-state index contributed by atoms with van der Waals surface area (Å²) in [6.45, 7) is 4.38. The lowest BCUT2D eigenvalue weighted by Gasteiger charge is -2.30. The van der Waals surface area contributed by atoms with E-state index >= 15 is 0 Å². The van der Waals surface area contributed by atoms with Crippen molar-refractivity contribution in [3.05, 3.63) is 59.3 Å². The van der Waals surface area contributed by atoms with Gasteiger partial charge in [0.15, 0.2) is 0 Å². The maximum absolute atomic E-state index is 12.5. The normalized spacial score (nSPS) is 18.4. The lowest BCUT2D eigenvalue weighted by Crippen LogP contribution is -2.42. The molecule has 1 saturated heterocycles. The zero-order valence-electron chi connectivity index (χ0n) is 17.2. The molecule has 1 amide bonds. The van der Waals surface area contributed by atoms with Gasteiger partial charge in [-0.05, 0) is 49.5 Å². The monoisotopic (exact) mass is 410 g/mol. The first-order valence-electron chi connectivity index (χ1n) is 10.8. The van der Waals surface area contributed by atoms with E-state index in [4.69, 9.17) is 4.74 Å². The number of hydrogen-bond donors (Lipinski definition) is 3. The molecular formula is C23H30N4O3. The third-order valence-corrected chi connectivity index (χ3v) is 5.75. The number of amides is 1. The number of nitrogens with one attached hydrogen (secondary N) is 2. The number of aromatic nitrogens is 1. The molecule has 0 saturated carbocycles. The molecule has 0 spiro atoms. The summed E-state index contributed by atoms with van der Waals surface area (Å²) in [6.07, 6.45) is 3.97. The number of carbonyl (C=O) groups is 1. The number of hydrogen-bond acceptors (Lipinski definition) is 6. The second-order valence-electron chi connectivity index (χ2n) is 8.07. The third-order valence-electron chi connectivity index (χ3n) is 5.75. The van der Waals surface area contributed by atoms with Crippen LogP contribution in [0.5, 0.6) is 5.88 Å². The molecule has 1 aromatic carbocycles. The van der Waals surface area contributed by atoms with Gasteiger partial charge in [-0.3, -0.25) is 9.69 Å². The van der Waals surface area contributed by atoms with Gasteiger partial charge in [0.25, 0.3) is 5.91 Å². The molecule has 2 aliphatic rings. The molecule has 7 nitrogen and oxygen atoms in total. The minimum absolute atomic E-state index is 0.133. The van der Waals surface area contributed by atoms with Crippen molar-refractivity contribution in [2.45, 2.75) is 38.0 Å². The second kappa shape index (κ2) is 10.0. The highest BCUT2D eigenvalue weighted by Crippen LogP contribution is 2.18. The minimum atomic E-state index is -0.619. The number of fused-ring (bicyclic) bond motifs is 1. The van der Waals surface area contributed by atoms with Crippen molar-refractivity contribution in [3.8, 4) is 5.88 Å². The Kier molecular flexibility index (Phi) is 6.94. The first-order valence-corrected chi connectivity index (χ1v) is 10.8. The van der Waals surface area contributed by atoms with E-state index in [0.717, 1.165) is 45.4 Å². The summed E-state index contributed by atoms with van der Waals surface area (Å²) in [5.41, 5.74) is 3.20. The van der Waals surface area contributed by atoms with Crippen LogP contribution in [0, 0.1) is 0 Å². The smallest absolute Gasteiger partial charge is 0.251 e. The zero-order valence-corrected chi connectivity index (χ0v) is 17.2. The molecule has 1 aromatic heterocycles. The first kappa shape index (κ1) is 20.8. The number of aliphatic hydroxyl groups is 1. The fraction of sp³-hybridized carbons (Fsp3) is 0.478. The maximum atomic E-state index is 12.5. The van der Waals surface area contributed by atoms with Crippen LogP contribution < -0.4 is 15.4 Å². The van der Waals surface area contributed by atoms with Gasteiger partial charge in [0.1, 0.15) is 6.10 Å². The molecule has 160 valence electrons. The molecule has 4 rings (SSSR count). The van der Waals surface area contributed by atoms with Gasteiger partial charge >= 0.3 is 0 Å². The fourth-order valence-corrected chi connectivity index (χ4v) is 4.08. The Labute approximate surface area is 177 Å². The predicted octanol–water partition coefficient (Wildman–Crippen LogP) is 1.36. The largest absolute Gasteiger partial charge is 0.474 e. The molecule has 1 fully saturated rings. The van der Waals surface area contributed by atoms with E-state index in [1.54, 1.807) is 18.3 Å². The summed E-state index contributed by atoms with van der Waals surface area (Å²) in [5.74, 6) is 0.248. The molecule has 0 radical (unpaired) electrons. The number of piperidine rings is 1. The lowest BCUT2D eigenvalue weighted by atomic mass is 10.00. The van der Waals surface area contributed by atoms with Crippen LogP contribution in [0.15, 0.2) is 42.6 Å². The molecule has 7 heteroatoms. The summed E-state index contributed by atoms with van der Waals surface area (Å²) < 4.78 is 5.91. The van der Waals surface area contributed by atoms with Crippen LogP contribution in [0.2, 0.25) is 0 Å². The average Bonchev–Trinajstić information content (AvgIpc) is 2.78. The quantitative estimate of drug-likeness (QED) is 0.639. The van der Waals surface area contributed by atoms with Crippen LogP contribution in [-0.2, 0) is 13.0 Å². The summed E-state index contributed by atoms with van der Waals surface area (Å²) in [5, 5.41) is 16.5. The summed E-state index contributed by atoms with van der Waals surface area (Å²) in [7, 11) is 0. The predicted molar refractivity (Wildman–Crippen MR) is 115 cm³/mol. The van der Waals surface area contributed by atoms with Crippen molar-refractivity contribution in [1.29, 1.82) is 0 Å². The zero-order chi connectivity index (χ0) is 20.8. The van der Waals surface area contributed by atoms with Gasteiger partial charge in [-0.1, -0.05) is 24.3 Å². The number of carbonyl (C=O) groups excluding carboxylic acids is 1. The Morgan fingerprint density at radius 1 is 1.27 bits per heavy atom. The van der Waals surface area contributed by atoms with E-state index < -0.39 is 6.10 Å². The molecule has 30 heavy (non-hydrogen) atoms. The van der Waals surface area contributed by atoms with E-state index in [9.17, 15) is 9.90 Å². The lowest BCUT2D eigenvalue weighted by molar-refractivity contribution is 0.0841. The van der Waals surface area contributed by atoms with Gasteiger partial charge in [-0.15, -0.1) is 0 Å². The SMILES string of the molecule is O=C(NCC(O)CN1CCc2ccccc2C1)c1ccnc(OC2CCNCC2)c1. The van der Waals surface area contributed by atoms with Crippen LogP contribution in [0.25, 0.3) is 0 Å². The Morgan fingerprint density at radius 2 is 2.07 bits per heavy atom. The number of benzene rings is 1. The standard InChI is InChI=1S/C23H30N4O3/c28-20(16-27-12-8-17-3-1-2-4-19(17)15-27)14-26-23(29)18-5-11-25-22(13-18)30-21-6-9-24-10-7-21/h1-5,11,13,20-21,24,28H,6-10,12,14-16H2,(H,26,29). The maximum Gasteiger partial charge on any atom is 0.251 e. The molecule has 1 atom stereocenters. The number of nitrogens with zero attached hydrogens (tertiary/aromatic N) is 2. The van der Waals surface area contributed by atoms with Crippen molar-refractivity contribution in [3.63, 3.8) is 0 Å². The van der Waals surface area contributed by atoms with E-state index in [0.29, 0.717) is 18.0 Å². The van der Waals surface area contributed by atoms with Crippen LogP contribution in [0.1, 0.15) is 34.3 Å². The van der Waals surface area contributed by atoms with E-state index in [1.807, 2.05) is 0 Å². The van der Waals surface area contributed by atoms with Crippen LogP contribution in [0.3, 0.4) is 0 Å². The van der Waals surface area contributed by atoms with Crippen molar-refractivity contribution in [1.82, 2.24) is 20.5 Å². The highest BCUT2D eigenvalue weighted by Gasteiger charge is 2.19. The number of aliphatic hydroxyl groups excluding tert-OH is 1. The highest BCUT2D eigenvalue weighted by molar-refractivity contribution is 5.94. The van der Waals surface area contributed by atoms with Gasteiger partial charge in [0.05, 0.1) is 6.10 Å². The molecule has 3 heterocycles. The van der Waals surface area contributed by atoms with Crippen molar-refractivity contribution in [2.24, 2.45) is 0 Å². The van der Waals surface area contributed by atoms with Crippen LogP contribution in [-0.4, -0.2) is 65.8 Å². The third kappa shape index (κ3) is 5.56. The van der Waals surface area contributed by atoms with Gasteiger partial charge in [-0.25, -0.2) is 4.98 Å². The Bertz CT molecular complexity index is 854. The number of rotatable bonds is 7. The molecule has 1 unspecified atom stereocenters. The van der Waals surface area contributed by atoms with E-state index in [1.165, 1.54) is 11.1 Å². The number of ether oxygens (including phenoxy) is 1. The second-order valence-corrected chi connectivity index (χ2v) is 8.07. The van der Waals surface area contributed by atoms with Gasteiger partial charge in [0, 0.05) is 44.0 Å². The Hall–Kier alpha value is -2.48. The van der Waals surface area contributed by atoms with Gasteiger partial charge in [0.2, 0.25) is 5.88 Å². The van der Waals surface area contributed by atoms with Crippen LogP contribution >= 0.6 is 0 Å². The Balaban J connectivity index is 1.24. The number of pyridine rings is 1. The molecule has 0 bridgehead atoms. The molecule has 2 aliphatic heterocycles. The topological polar surface area (TPSA) is 86.7 Å². The molecule has 0 aliphatic carbocycles. The summed E-state index contributed by atoms with van der Waals surface area (Å²) in [4.78, 5) is 19.0. The highest BCUT2D eigenvalue weighted by atomic mass is 16.5. The summed E-state index contributed by atoms with van der Waals surface area (Å²) >= 11 is 0. The van der Waals surface area contributed by atoms with Crippen LogP contribution in [0.4, 0.5) is 0 Å². The minimum Gasteiger partial charge on any atom is -0.474 e. The van der Waals surface area contributed by atoms with Crippen molar-refractivity contribution >= 4 is 5.91 Å². The molecule has 2 aromatic rings. The first-order chi connectivity index (χ1) is 14.7.